The summed E-state index contributed by atoms with van der Waals surface area (Å²) in [6.07, 6.45) is 7.54. The highest BCUT2D eigenvalue weighted by Gasteiger charge is 2.37. The SMILES string of the molecule is O=C(c1ccc(-n2cnnn2)cc1)N1CC2CCC1CN(Cc1cccnc1)C2. The summed E-state index contributed by atoms with van der Waals surface area (Å²) in [5.41, 5.74) is 2.78. The molecule has 3 saturated heterocycles. The van der Waals surface area contributed by atoms with Gasteiger partial charge >= 0.3 is 0 Å². The minimum absolute atomic E-state index is 0.117. The minimum atomic E-state index is 0.117. The van der Waals surface area contributed by atoms with E-state index in [1.807, 2.05) is 36.5 Å². The Labute approximate surface area is 169 Å². The fourth-order valence-electron chi connectivity index (χ4n) is 4.51. The fraction of sp³-hybridized carbons (Fsp3) is 0.381. The van der Waals surface area contributed by atoms with Gasteiger partial charge in [0.25, 0.3) is 5.91 Å². The van der Waals surface area contributed by atoms with E-state index < -0.39 is 0 Å². The number of nitrogens with zero attached hydrogens (tertiary/aromatic N) is 7. The van der Waals surface area contributed by atoms with Crippen LogP contribution < -0.4 is 0 Å². The molecular weight excluding hydrogens is 366 g/mol. The maximum absolute atomic E-state index is 13.3. The molecule has 3 aliphatic heterocycles. The summed E-state index contributed by atoms with van der Waals surface area (Å²) in [7, 11) is 0. The first-order valence-electron chi connectivity index (χ1n) is 10.0. The van der Waals surface area contributed by atoms with Crippen LogP contribution in [0, 0.1) is 5.92 Å². The average Bonchev–Trinajstić information content (AvgIpc) is 3.16. The van der Waals surface area contributed by atoms with Gasteiger partial charge in [-0.3, -0.25) is 14.7 Å². The van der Waals surface area contributed by atoms with Crippen molar-refractivity contribution in [1.82, 2.24) is 35.0 Å². The molecular formula is C21H23N7O. The predicted octanol–water partition coefficient (Wildman–Crippen LogP) is 1.79. The Morgan fingerprint density at radius 2 is 1.97 bits per heavy atom. The second kappa shape index (κ2) is 7.71. The van der Waals surface area contributed by atoms with E-state index in [1.54, 1.807) is 17.2 Å². The summed E-state index contributed by atoms with van der Waals surface area (Å²) in [5.74, 6) is 0.640. The highest BCUT2D eigenvalue weighted by molar-refractivity contribution is 5.94. The number of fused-ring (bicyclic) bond motifs is 4. The molecule has 148 valence electrons. The van der Waals surface area contributed by atoms with Crippen molar-refractivity contribution in [2.45, 2.75) is 25.4 Å². The Kier molecular flexibility index (Phi) is 4.77. The fourth-order valence-corrected chi connectivity index (χ4v) is 4.51. The van der Waals surface area contributed by atoms with Crippen molar-refractivity contribution in [3.05, 3.63) is 66.2 Å². The molecule has 1 aromatic carbocycles. The minimum Gasteiger partial charge on any atom is -0.334 e. The molecule has 1 amide bonds. The maximum atomic E-state index is 13.3. The normalized spacial score (nSPS) is 21.9. The van der Waals surface area contributed by atoms with Gasteiger partial charge in [0.05, 0.1) is 5.69 Å². The molecule has 0 radical (unpaired) electrons. The van der Waals surface area contributed by atoms with E-state index >= 15 is 0 Å². The quantitative estimate of drug-likeness (QED) is 0.677. The molecule has 3 aromatic rings. The number of piperidine rings is 1. The highest BCUT2D eigenvalue weighted by atomic mass is 16.2. The van der Waals surface area contributed by atoms with Crippen LogP contribution in [-0.4, -0.2) is 66.6 Å². The van der Waals surface area contributed by atoms with Crippen molar-refractivity contribution in [3.8, 4) is 5.69 Å². The summed E-state index contributed by atoms with van der Waals surface area (Å²) in [6.45, 7) is 3.68. The second-order valence-electron chi connectivity index (χ2n) is 7.91. The van der Waals surface area contributed by atoms with Crippen molar-refractivity contribution in [2.24, 2.45) is 5.92 Å². The molecule has 2 atom stereocenters. The molecule has 0 saturated carbocycles. The zero-order valence-electron chi connectivity index (χ0n) is 16.1. The summed E-state index contributed by atoms with van der Waals surface area (Å²) in [5, 5.41) is 11.2. The van der Waals surface area contributed by atoms with Crippen LogP contribution in [0.4, 0.5) is 0 Å². The van der Waals surface area contributed by atoms with Crippen molar-refractivity contribution in [3.63, 3.8) is 0 Å². The van der Waals surface area contributed by atoms with E-state index in [-0.39, 0.29) is 11.9 Å². The van der Waals surface area contributed by atoms with E-state index in [9.17, 15) is 4.79 Å². The van der Waals surface area contributed by atoms with Gasteiger partial charge in [0.2, 0.25) is 0 Å². The van der Waals surface area contributed by atoms with Gasteiger partial charge < -0.3 is 4.90 Å². The molecule has 0 spiro atoms. The third-order valence-corrected chi connectivity index (χ3v) is 5.91. The number of amides is 1. The summed E-state index contributed by atoms with van der Waals surface area (Å²) < 4.78 is 1.58. The van der Waals surface area contributed by atoms with Gasteiger partial charge in [0.1, 0.15) is 6.33 Å². The Bertz CT molecular complexity index is 958. The van der Waals surface area contributed by atoms with Gasteiger partial charge in [-0.1, -0.05) is 6.07 Å². The number of carbonyl (C=O) groups excluding carboxylic acids is 1. The molecule has 0 N–H and O–H groups in total. The number of hydrogen-bond donors (Lipinski definition) is 0. The van der Waals surface area contributed by atoms with Crippen LogP contribution in [0.2, 0.25) is 0 Å². The predicted molar refractivity (Wildman–Crippen MR) is 106 cm³/mol. The first-order valence-corrected chi connectivity index (χ1v) is 10.0. The molecule has 0 aliphatic carbocycles. The average molecular weight is 389 g/mol. The number of tetrazole rings is 1. The number of carbonyl (C=O) groups is 1. The van der Waals surface area contributed by atoms with Crippen molar-refractivity contribution in [1.29, 1.82) is 0 Å². The van der Waals surface area contributed by atoms with E-state index in [4.69, 9.17) is 0 Å². The van der Waals surface area contributed by atoms with Gasteiger partial charge in [0, 0.05) is 50.2 Å². The lowest BCUT2D eigenvalue weighted by Gasteiger charge is -2.36. The third-order valence-electron chi connectivity index (χ3n) is 5.91. The molecule has 2 bridgehead atoms. The summed E-state index contributed by atoms with van der Waals surface area (Å²) in [6, 6.07) is 11.9. The van der Waals surface area contributed by atoms with Crippen molar-refractivity contribution < 1.29 is 4.79 Å². The standard InChI is InChI=1S/C21H23N7O/c29-21(18-4-7-19(8-5-18)28-15-23-24-25-28)27-13-17-3-6-20(27)14-26(12-17)11-16-2-1-9-22-10-16/h1-2,4-5,7-10,15,17,20H,3,6,11-14H2. The van der Waals surface area contributed by atoms with Crippen molar-refractivity contribution >= 4 is 5.91 Å². The highest BCUT2D eigenvalue weighted by Crippen LogP contribution is 2.30. The van der Waals surface area contributed by atoms with E-state index in [1.165, 1.54) is 12.0 Å². The Morgan fingerprint density at radius 3 is 2.72 bits per heavy atom. The summed E-state index contributed by atoms with van der Waals surface area (Å²) in [4.78, 5) is 22.1. The van der Waals surface area contributed by atoms with Crippen LogP contribution in [0.5, 0.6) is 0 Å². The first-order chi connectivity index (χ1) is 14.3. The number of benzene rings is 1. The van der Waals surface area contributed by atoms with Crippen LogP contribution in [0.1, 0.15) is 28.8 Å². The second-order valence-corrected chi connectivity index (χ2v) is 7.91. The molecule has 8 nitrogen and oxygen atoms in total. The molecule has 6 rings (SSSR count). The number of rotatable bonds is 4. The van der Waals surface area contributed by atoms with Crippen LogP contribution in [0.15, 0.2) is 55.1 Å². The van der Waals surface area contributed by atoms with E-state index in [2.05, 4.69) is 36.4 Å². The molecule has 3 fully saturated rings. The van der Waals surface area contributed by atoms with Gasteiger partial charge in [-0.15, -0.1) is 5.10 Å². The van der Waals surface area contributed by atoms with Gasteiger partial charge in [-0.25, -0.2) is 4.68 Å². The van der Waals surface area contributed by atoms with E-state index in [0.717, 1.165) is 38.3 Å². The number of aromatic nitrogens is 5. The van der Waals surface area contributed by atoms with E-state index in [0.29, 0.717) is 11.5 Å². The molecule has 3 aliphatic rings. The van der Waals surface area contributed by atoms with Gasteiger partial charge in [0.15, 0.2) is 0 Å². The summed E-state index contributed by atoms with van der Waals surface area (Å²) >= 11 is 0. The molecule has 5 heterocycles. The lowest BCUT2D eigenvalue weighted by Crippen LogP contribution is -2.47. The lowest BCUT2D eigenvalue weighted by molar-refractivity contribution is 0.0585. The van der Waals surface area contributed by atoms with Crippen LogP contribution in [0.25, 0.3) is 5.69 Å². The zero-order valence-corrected chi connectivity index (χ0v) is 16.1. The molecule has 2 aromatic heterocycles. The molecule has 2 unspecified atom stereocenters. The Hall–Kier alpha value is -3.13. The molecule has 8 heteroatoms. The number of pyridine rings is 1. The smallest absolute Gasteiger partial charge is 0.254 e. The monoisotopic (exact) mass is 389 g/mol. The van der Waals surface area contributed by atoms with Crippen LogP contribution in [-0.2, 0) is 6.54 Å². The van der Waals surface area contributed by atoms with Crippen molar-refractivity contribution in [2.75, 3.05) is 19.6 Å². The number of hydrogen-bond acceptors (Lipinski definition) is 6. The topological polar surface area (TPSA) is 80.0 Å². The van der Waals surface area contributed by atoms with Gasteiger partial charge in [-0.2, -0.15) is 0 Å². The lowest BCUT2D eigenvalue weighted by atomic mass is 9.94. The maximum Gasteiger partial charge on any atom is 0.254 e. The zero-order chi connectivity index (χ0) is 19.6. The van der Waals surface area contributed by atoms with Crippen LogP contribution >= 0.6 is 0 Å². The Morgan fingerprint density at radius 1 is 1.07 bits per heavy atom. The Balaban J connectivity index is 1.30. The first kappa shape index (κ1) is 17.9. The third kappa shape index (κ3) is 3.75. The van der Waals surface area contributed by atoms with Gasteiger partial charge in [-0.05, 0) is 65.1 Å². The molecule has 29 heavy (non-hydrogen) atoms. The van der Waals surface area contributed by atoms with Crippen LogP contribution in [0.3, 0.4) is 0 Å². The largest absolute Gasteiger partial charge is 0.334 e.